The monoisotopic (exact) mass is 352 g/mol. The normalized spacial score (nSPS) is 16.7. The SMILES string of the molecule is O=C(Nc1ccccc1)N1CCCC1c1nc(-c2ccc(F)cc2)no1. The topological polar surface area (TPSA) is 71.3 Å². The van der Waals surface area contributed by atoms with E-state index in [0.29, 0.717) is 23.8 Å². The van der Waals surface area contributed by atoms with E-state index in [9.17, 15) is 9.18 Å². The molecule has 1 aromatic heterocycles. The summed E-state index contributed by atoms with van der Waals surface area (Å²) in [6.07, 6.45) is 1.62. The molecule has 4 rings (SSSR count). The van der Waals surface area contributed by atoms with Crippen LogP contribution in [0.1, 0.15) is 24.8 Å². The highest BCUT2D eigenvalue weighted by atomic mass is 19.1. The van der Waals surface area contributed by atoms with Crippen molar-refractivity contribution in [3.8, 4) is 11.4 Å². The van der Waals surface area contributed by atoms with Gasteiger partial charge in [-0.05, 0) is 49.2 Å². The lowest BCUT2D eigenvalue weighted by Gasteiger charge is -2.22. The molecular weight excluding hydrogens is 335 g/mol. The smallest absolute Gasteiger partial charge is 0.322 e. The fourth-order valence-electron chi connectivity index (χ4n) is 3.07. The molecule has 2 amide bonds. The second-order valence-corrected chi connectivity index (χ2v) is 6.11. The first kappa shape index (κ1) is 16.3. The van der Waals surface area contributed by atoms with Gasteiger partial charge in [-0.3, -0.25) is 0 Å². The van der Waals surface area contributed by atoms with Gasteiger partial charge in [0.2, 0.25) is 11.7 Å². The van der Waals surface area contributed by atoms with E-state index in [-0.39, 0.29) is 17.9 Å². The van der Waals surface area contributed by atoms with E-state index in [1.165, 1.54) is 12.1 Å². The van der Waals surface area contributed by atoms with E-state index in [1.54, 1.807) is 17.0 Å². The van der Waals surface area contributed by atoms with Gasteiger partial charge in [-0.2, -0.15) is 4.98 Å². The average molecular weight is 352 g/mol. The Morgan fingerprint density at radius 1 is 1.15 bits per heavy atom. The molecule has 7 heteroatoms. The minimum atomic E-state index is -0.322. The van der Waals surface area contributed by atoms with Crippen molar-refractivity contribution in [1.82, 2.24) is 15.0 Å². The summed E-state index contributed by atoms with van der Waals surface area (Å²) in [5.74, 6) is 0.456. The van der Waals surface area contributed by atoms with Crippen LogP contribution >= 0.6 is 0 Å². The molecule has 0 radical (unpaired) electrons. The van der Waals surface area contributed by atoms with Gasteiger partial charge in [0.1, 0.15) is 11.9 Å². The van der Waals surface area contributed by atoms with Crippen molar-refractivity contribution in [1.29, 1.82) is 0 Å². The zero-order valence-electron chi connectivity index (χ0n) is 13.9. The van der Waals surface area contributed by atoms with Crippen LogP contribution in [0.25, 0.3) is 11.4 Å². The molecule has 1 fully saturated rings. The summed E-state index contributed by atoms with van der Waals surface area (Å²) in [5, 5.41) is 6.86. The summed E-state index contributed by atoms with van der Waals surface area (Å²) in [5.41, 5.74) is 1.40. The number of anilines is 1. The van der Waals surface area contributed by atoms with Gasteiger partial charge in [-0.1, -0.05) is 23.4 Å². The van der Waals surface area contributed by atoms with Gasteiger partial charge < -0.3 is 14.7 Å². The summed E-state index contributed by atoms with van der Waals surface area (Å²) in [6.45, 7) is 0.623. The van der Waals surface area contributed by atoms with Crippen LogP contribution in [-0.2, 0) is 0 Å². The van der Waals surface area contributed by atoms with Crippen LogP contribution in [0.4, 0.5) is 14.9 Å². The Morgan fingerprint density at radius 2 is 1.92 bits per heavy atom. The van der Waals surface area contributed by atoms with Gasteiger partial charge in [0.25, 0.3) is 0 Å². The molecule has 132 valence electrons. The average Bonchev–Trinajstić information content (AvgIpc) is 3.32. The third kappa shape index (κ3) is 3.28. The predicted octanol–water partition coefficient (Wildman–Crippen LogP) is 4.24. The van der Waals surface area contributed by atoms with E-state index >= 15 is 0 Å². The number of likely N-dealkylation sites (tertiary alicyclic amines) is 1. The molecule has 2 aromatic carbocycles. The summed E-state index contributed by atoms with van der Waals surface area (Å²) in [4.78, 5) is 18.7. The van der Waals surface area contributed by atoms with Gasteiger partial charge in [0.15, 0.2) is 0 Å². The van der Waals surface area contributed by atoms with Crippen molar-refractivity contribution in [3.63, 3.8) is 0 Å². The molecule has 0 bridgehead atoms. The number of amides is 2. The van der Waals surface area contributed by atoms with Crippen LogP contribution in [0.2, 0.25) is 0 Å². The van der Waals surface area contributed by atoms with Crippen molar-refractivity contribution >= 4 is 11.7 Å². The molecule has 3 aromatic rings. The first-order valence-electron chi connectivity index (χ1n) is 8.43. The predicted molar refractivity (Wildman–Crippen MR) is 93.8 cm³/mol. The van der Waals surface area contributed by atoms with Crippen molar-refractivity contribution in [3.05, 3.63) is 66.3 Å². The van der Waals surface area contributed by atoms with Crippen molar-refractivity contribution < 1.29 is 13.7 Å². The lowest BCUT2D eigenvalue weighted by Crippen LogP contribution is -2.34. The molecule has 1 saturated heterocycles. The maximum atomic E-state index is 13.1. The number of para-hydroxylation sites is 1. The summed E-state index contributed by atoms with van der Waals surface area (Å²) in [7, 11) is 0. The van der Waals surface area contributed by atoms with E-state index in [1.807, 2.05) is 30.3 Å². The first-order valence-corrected chi connectivity index (χ1v) is 8.43. The number of carbonyl (C=O) groups is 1. The fraction of sp³-hybridized carbons (Fsp3) is 0.211. The highest BCUT2D eigenvalue weighted by Crippen LogP contribution is 2.32. The Labute approximate surface area is 149 Å². The molecule has 1 N–H and O–H groups in total. The minimum Gasteiger partial charge on any atom is -0.337 e. The highest BCUT2D eigenvalue weighted by Gasteiger charge is 2.34. The second-order valence-electron chi connectivity index (χ2n) is 6.11. The van der Waals surface area contributed by atoms with Gasteiger partial charge in [0, 0.05) is 17.8 Å². The Morgan fingerprint density at radius 3 is 2.69 bits per heavy atom. The minimum absolute atomic E-state index is 0.194. The lowest BCUT2D eigenvalue weighted by atomic mass is 10.2. The van der Waals surface area contributed by atoms with Crippen molar-refractivity contribution in [2.75, 3.05) is 11.9 Å². The molecule has 1 aliphatic heterocycles. The van der Waals surface area contributed by atoms with Crippen LogP contribution in [0, 0.1) is 5.82 Å². The van der Waals surface area contributed by atoms with E-state index < -0.39 is 0 Å². The molecule has 26 heavy (non-hydrogen) atoms. The quantitative estimate of drug-likeness (QED) is 0.765. The van der Waals surface area contributed by atoms with Crippen molar-refractivity contribution in [2.24, 2.45) is 0 Å². The van der Waals surface area contributed by atoms with E-state index in [2.05, 4.69) is 15.5 Å². The molecule has 6 nitrogen and oxygen atoms in total. The maximum Gasteiger partial charge on any atom is 0.322 e. The number of carbonyl (C=O) groups excluding carboxylic acids is 1. The van der Waals surface area contributed by atoms with Gasteiger partial charge in [0.05, 0.1) is 0 Å². The maximum absolute atomic E-state index is 13.1. The number of hydrogen-bond donors (Lipinski definition) is 1. The molecule has 1 aliphatic rings. The zero-order valence-corrected chi connectivity index (χ0v) is 13.9. The van der Waals surface area contributed by atoms with E-state index in [0.717, 1.165) is 18.5 Å². The number of rotatable bonds is 3. The second kappa shape index (κ2) is 6.95. The summed E-state index contributed by atoms with van der Waals surface area (Å²) >= 11 is 0. The van der Waals surface area contributed by atoms with Crippen molar-refractivity contribution in [2.45, 2.75) is 18.9 Å². The molecule has 0 saturated carbocycles. The Bertz CT molecular complexity index is 895. The third-order valence-corrected chi connectivity index (χ3v) is 4.37. The van der Waals surface area contributed by atoms with Crippen LogP contribution < -0.4 is 5.32 Å². The standard InChI is InChI=1S/C19H17FN4O2/c20-14-10-8-13(9-11-14)17-22-18(26-23-17)16-7-4-12-24(16)19(25)21-15-5-2-1-3-6-15/h1-3,5-6,8-11,16H,4,7,12H2,(H,21,25). The van der Waals surface area contributed by atoms with Crippen LogP contribution in [0.5, 0.6) is 0 Å². The fourth-order valence-corrected chi connectivity index (χ4v) is 3.07. The number of hydrogen-bond acceptors (Lipinski definition) is 4. The molecule has 1 unspecified atom stereocenters. The van der Waals surface area contributed by atoms with Crippen LogP contribution in [-0.4, -0.2) is 27.6 Å². The van der Waals surface area contributed by atoms with Crippen LogP contribution in [0.15, 0.2) is 59.1 Å². The Kier molecular flexibility index (Phi) is 4.35. The number of aromatic nitrogens is 2. The number of benzene rings is 2. The first-order chi connectivity index (χ1) is 12.7. The Hall–Kier alpha value is -3.22. The lowest BCUT2D eigenvalue weighted by molar-refractivity contribution is 0.193. The molecule has 0 spiro atoms. The Balaban J connectivity index is 1.51. The highest BCUT2D eigenvalue weighted by molar-refractivity contribution is 5.89. The molecule has 2 heterocycles. The number of nitrogens with zero attached hydrogens (tertiary/aromatic N) is 3. The van der Waals surface area contributed by atoms with Crippen LogP contribution in [0.3, 0.4) is 0 Å². The molecule has 0 aliphatic carbocycles. The number of urea groups is 1. The van der Waals surface area contributed by atoms with Gasteiger partial charge in [-0.15, -0.1) is 0 Å². The largest absolute Gasteiger partial charge is 0.337 e. The third-order valence-electron chi connectivity index (χ3n) is 4.37. The summed E-state index contributed by atoms with van der Waals surface area (Å²) in [6, 6.07) is 14.7. The number of halogens is 1. The van der Waals surface area contributed by atoms with E-state index in [4.69, 9.17) is 4.52 Å². The molecular formula is C19H17FN4O2. The van der Waals surface area contributed by atoms with Gasteiger partial charge >= 0.3 is 6.03 Å². The zero-order chi connectivity index (χ0) is 17.9. The number of nitrogens with one attached hydrogen (secondary N) is 1. The summed E-state index contributed by atoms with van der Waals surface area (Å²) < 4.78 is 18.4. The molecule has 1 atom stereocenters. The van der Waals surface area contributed by atoms with Gasteiger partial charge in [-0.25, -0.2) is 9.18 Å².